The number of hydrogen-bond acceptors (Lipinski definition) is 4. The van der Waals surface area contributed by atoms with Gasteiger partial charge in [-0.1, -0.05) is 11.6 Å². The van der Waals surface area contributed by atoms with Crippen LogP contribution in [0.15, 0.2) is 6.20 Å². The second kappa shape index (κ2) is 6.22. The van der Waals surface area contributed by atoms with Crippen LogP contribution in [0, 0.1) is 0 Å². The maximum atomic E-state index is 11.3. The molecule has 0 spiro atoms. The Kier molecular flexibility index (Phi) is 4.35. The van der Waals surface area contributed by atoms with Gasteiger partial charge in [-0.3, -0.25) is 4.68 Å². The Morgan fingerprint density at radius 3 is 3.15 bits per heavy atom. The lowest BCUT2D eigenvalue weighted by Crippen LogP contribution is -2.36. The highest BCUT2D eigenvalue weighted by molar-refractivity contribution is 8.00. The number of halogens is 1. The van der Waals surface area contributed by atoms with Crippen LogP contribution in [0.5, 0.6) is 0 Å². The summed E-state index contributed by atoms with van der Waals surface area (Å²) in [6, 6.07) is 0.613. The predicted molar refractivity (Wildman–Crippen MR) is 78.9 cm³/mol. The third-order valence-electron chi connectivity index (χ3n) is 3.79. The van der Waals surface area contributed by atoms with Crippen molar-refractivity contribution in [1.29, 1.82) is 0 Å². The molecule has 2 N–H and O–H groups in total. The Labute approximate surface area is 127 Å². The SMILES string of the molecule is O=C1N[C@@H]2[C@@H](CS[C@@H]2CCCCn2cc(CCl)nn2)N1. The average molecular weight is 316 g/mol. The van der Waals surface area contributed by atoms with Gasteiger partial charge in [-0.2, -0.15) is 11.8 Å². The van der Waals surface area contributed by atoms with E-state index in [1.807, 2.05) is 22.6 Å². The standard InChI is InChI=1S/C12H18ClN5OS/c13-5-8-6-18(17-16-8)4-2-1-3-10-11-9(7-20-10)14-12(19)15-11/h6,9-11H,1-5,7H2,(H2,14,15,19)/t9-,10-,11-/m1/s1. The van der Waals surface area contributed by atoms with Crippen LogP contribution >= 0.6 is 23.4 Å². The summed E-state index contributed by atoms with van der Waals surface area (Å²) in [5.41, 5.74) is 0.820. The molecular weight excluding hydrogens is 298 g/mol. The minimum atomic E-state index is -0.0125. The minimum Gasteiger partial charge on any atom is -0.332 e. The fourth-order valence-electron chi connectivity index (χ4n) is 2.77. The number of carbonyl (C=O) groups excluding carboxylic acids is 1. The number of unbranched alkanes of at least 4 members (excludes halogenated alkanes) is 1. The largest absolute Gasteiger partial charge is 0.332 e. The van der Waals surface area contributed by atoms with E-state index in [0.29, 0.717) is 23.2 Å². The normalized spacial score (nSPS) is 28.2. The van der Waals surface area contributed by atoms with Crippen LogP contribution in [-0.4, -0.2) is 44.1 Å². The van der Waals surface area contributed by atoms with E-state index in [2.05, 4.69) is 20.9 Å². The van der Waals surface area contributed by atoms with Gasteiger partial charge < -0.3 is 10.6 Å². The summed E-state index contributed by atoms with van der Waals surface area (Å²) < 4.78 is 1.85. The van der Waals surface area contributed by atoms with E-state index in [-0.39, 0.29) is 6.03 Å². The van der Waals surface area contributed by atoms with Gasteiger partial charge in [0.25, 0.3) is 0 Å². The number of hydrogen-bond donors (Lipinski definition) is 2. The molecule has 0 aromatic carbocycles. The molecule has 8 heteroatoms. The summed E-state index contributed by atoms with van der Waals surface area (Å²) in [6.45, 7) is 0.875. The van der Waals surface area contributed by atoms with Crippen molar-refractivity contribution >= 4 is 29.4 Å². The number of rotatable bonds is 6. The van der Waals surface area contributed by atoms with E-state index in [4.69, 9.17) is 11.6 Å². The highest BCUT2D eigenvalue weighted by Gasteiger charge is 2.42. The maximum absolute atomic E-state index is 11.3. The van der Waals surface area contributed by atoms with Crippen molar-refractivity contribution in [2.45, 2.75) is 49.0 Å². The molecule has 2 amide bonds. The number of carbonyl (C=O) groups is 1. The number of urea groups is 1. The molecule has 110 valence electrons. The third-order valence-corrected chi connectivity index (χ3v) is 5.57. The van der Waals surface area contributed by atoms with Crippen LogP contribution in [0.4, 0.5) is 4.79 Å². The smallest absolute Gasteiger partial charge is 0.315 e. The van der Waals surface area contributed by atoms with Crippen molar-refractivity contribution in [2.75, 3.05) is 5.75 Å². The van der Waals surface area contributed by atoms with Gasteiger partial charge in [-0.15, -0.1) is 16.7 Å². The topological polar surface area (TPSA) is 71.8 Å². The monoisotopic (exact) mass is 315 g/mol. The number of aryl methyl sites for hydroxylation is 1. The lowest BCUT2D eigenvalue weighted by atomic mass is 10.0. The van der Waals surface area contributed by atoms with E-state index >= 15 is 0 Å². The molecule has 0 saturated carbocycles. The summed E-state index contributed by atoms with van der Waals surface area (Å²) in [5.74, 6) is 1.44. The second-order valence-electron chi connectivity index (χ2n) is 5.22. The first kappa shape index (κ1) is 14.0. The second-order valence-corrected chi connectivity index (χ2v) is 6.76. The number of nitrogens with zero attached hydrogens (tertiary/aromatic N) is 3. The lowest BCUT2D eigenvalue weighted by molar-refractivity contribution is 0.247. The van der Waals surface area contributed by atoms with Crippen LogP contribution in [0.1, 0.15) is 25.0 Å². The number of fused-ring (bicyclic) bond motifs is 1. The van der Waals surface area contributed by atoms with Crippen molar-refractivity contribution in [2.24, 2.45) is 0 Å². The van der Waals surface area contributed by atoms with Crippen LogP contribution < -0.4 is 10.6 Å². The Bertz CT molecular complexity index is 482. The van der Waals surface area contributed by atoms with Gasteiger partial charge in [0.15, 0.2) is 0 Å². The molecule has 2 aliphatic heterocycles. The third kappa shape index (κ3) is 3.03. The van der Waals surface area contributed by atoms with Gasteiger partial charge in [0, 0.05) is 23.7 Å². The Balaban J connectivity index is 1.39. The molecule has 2 saturated heterocycles. The molecular formula is C12H18ClN5OS. The Morgan fingerprint density at radius 1 is 1.45 bits per heavy atom. The Hall–Kier alpha value is -0.950. The molecule has 1 aromatic heterocycles. The van der Waals surface area contributed by atoms with Crippen LogP contribution in [0.2, 0.25) is 0 Å². The van der Waals surface area contributed by atoms with Gasteiger partial charge >= 0.3 is 6.03 Å². The van der Waals surface area contributed by atoms with Crippen LogP contribution in [-0.2, 0) is 12.4 Å². The van der Waals surface area contributed by atoms with Gasteiger partial charge in [0.05, 0.1) is 23.7 Å². The van der Waals surface area contributed by atoms with E-state index in [9.17, 15) is 4.79 Å². The first-order valence-electron chi connectivity index (χ1n) is 6.90. The van der Waals surface area contributed by atoms with Crippen LogP contribution in [0.3, 0.4) is 0 Å². The predicted octanol–water partition coefficient (Wildman–Crippen LogP) is 1.35. The summed E-state index contributed by atoms with van der Waals surface area (Å²) in [6.07, 6.45) is 5.23. The number of thioether (sulfide) groups is 1. The fourth-order valence-corrected chi connectivity index (χ4v) is 4.44. The summed E-state index contributed by atoms with van der Waals surface area (Å²) in [4.78, 5) is 11.3. The highest BCUT2D eigenvalue weighted by Crippen LogP contribution is 2.33. The summed E-state index contributed by atoms with van der Waals surface area (Å²) >= 11 is 7.65. The fraction of sp³-hybridized carbons (Fsp3) is 0.750. The molecule has 3 rings (SSSR count). The molecule has 3 heterocycles. The zero-order chi connectivity index (χ0) is 13.9. The van der Waals surface area contributed by atoms with Gasteiger partial charge in [-0.25, -0.2) is 4.79 Å². The van der Waals surface area contributed by atoms with E-state index in [1.165, 1.54) is 0 Å². The first-order chi connectivity index (χ1) is 9.76. The quantitative estimate of drug-likeness (QED) is 0.472. The number of aromatic nitrogens is 3. The molecule has 0 radical (unpaired) electrons. The molecule has 0 bridgehead atoms. The molecule has 3 atom stereocenters. The minimum absolute atomic E-state index is 0.0125. The van der Waals surface area contributed by atoms with E-state index in [1.54, 1.807) is 0 Å². The maximum Gasteiger partial charge on any atom is 0.315 e. The van der Waals surface area contributed by atoms with Crippen molar-refractivity contribution in [3.8, 4) is 0 Å². The van der Waals surface area contributed by atoms with Crippen LogP contribution in [0.25, 0.3) is 0 Å². The van der Waals surface area contributed by atoms with Crippen molar-refractivity contribution in [1.82, 2.24) is 25.6 Å². The number of alkyl halides is 1. The summed E-state index contributed by atoms with van der Waals surface area (Å²) in [5, 5.41) is 14.5. The van der Waals surface area contributed by atoms with Crippen molar-refractivity contribution < 1.29 is 4.79 Å². The van der Waals surface area contributed by atoms with E-state index in [0.717, 1.165) is 37.3 Å². The van der Waals surface area contributed by atoms with E-state index < -0.39 is 0 Å². The van der Waals surface area contributed by atoms with Gasteiger partial charge in [0.1, 0.15) is 0 Å². The molecule has 2 fully saturated rings. The summed E-state index contributed by atoms with van der Waals surface area (Å²) in [7, 11) is 0. The van der Waals surface area contributed by atoms with Gasteiger partial charge in [0.2, 0.25) is 0 Å². The van der Waals surface area contributed by atoms with Gasteiger partial charge in [-0.05, 0) is 12.8 Å². The molecule has 1 aromatic rings. The zero-order valence-corrected chi connectivity index (χ0v) is 12.7. The highest BCUT2D eigenvalue weighted by atomic mass is 35.5. The Morgan fingerprint density at radius 2 is 2.35 bits per heavy atom. The van der Waals surface area contributed by atoms with Crippen molar-refractivity contribution in [3.05, 3.63) is 11.9 Å². The average Bonchev–Trinajstić information content (AvgIpc) is 3.11. The zero-order valence-electron chi connectivity index (χ0n) is 11.1. The molecule has 0 unspecified atom stereocenters. The molecule has 20 heavy (non-hydrogen) atoms. The number of amides is 2. The molecule has 0 aliphatic carbocycles. The first-order valence-corrected chi connectivity index (χ1v) is 8.48. The number of nitrogens with one attached hydrogen (secondary N) is 2. The molecule has 2 aliphatic rings. The van der Waals surface area contributed by atoms with Crippen molar-refractivity contribution in [3.63, 3.8) is 0 Å². The lowest BCUT2D eigenvalue weighted by Gasteiger charge is -2.16. The molecule has 6 nitrogen and oxygen atoms in total.